The van der Waals surface area contributed by atoms with E-state index in [4.69, 9.17) is 5.73 Å². The van der Waals surface area contributed by atoms with Crippen LogP contribution in [0.25, 0.3) is 21.9 Å². The van der Waals surface area contributed by atoms with E-state index in [1.54, 1.807) is 23.1 Å². The molecular weight excluding hydrogens is 502 g/mol. The number of benzene rings is 4. The van der Waals surface area contributed by atoms with Gasteiger partial charge in [0, 0.05) is 13.0 Å². The molecular formula is C33H33N3O4. The van der Waals surface area contributed by atoms with Gasteiger partial charge in [-0.05, 0) is 64.9 Å². The number of nitrogens with zero attached hydrogens (tertiary/aromatic N) is 1. The Bertz CT molecular complexity index is 1530. The molecule has 0 saturated carbocycles. The zero-order chi connectivity index (χ0) is 28.1. The van der Waals surface area contributed by atoms with Gasteiger partial charge < -0.3 is 21.1 Å². The lowest BCUT2D eigenvalue weighted by Crippen LogP contribution is -2.63. The van der Waals surface area contributed by atoms with Crippen LogP contribution in [0.3, 0.4) is 0 Å². The summed E-state index contributed by atoms with van der Waals surface area (Å²) in [5, 5.41) is 14.8. The Labute approximate surface area is 233 Å². The normalized spacial score (nSPS) is 17.2. The quantitative estimate of drug-likeness (QED) is 0.253. The number of rotatable bonds is 10. The maximum Gasteiger partial charge on any atom is 0.336 e. The number of carbonyl (C=O) groups is 3. The molecule has 2 atom stereocenters. The lowest BCUT2D eigenvalue weighted by Gasteiger charge is -2.39. The van der Waals surface area contributed by atoms with Crippen molar-refractivity contribution in [2.45, 2.75) is 44.3 Å². The third-order valence-corrected chi connectivity index (χ3v) is 7.54. The van der Waals surface area contributed by atoms with Crippen molar-refractivity contribution in [1.29, 1.82) is 0 Å². The monoisotopic (exact) mass is 535 g/mol. The summed E-state index contributed by atoms with van der Waals surface area (Å²) >= 11 is 0. The van der Waals surface area contributed by atoms with Gasteiger partial charge in [0.05, 0.1) is 5.56 Å². The maximum atomic E-state index is 13.8. The highest BCUT2D eigenvalue weighted by molar-refractivity contribution is 5.97. The molecule has 4 aromatic rings. The van der Waals surface area contributed by atoms with Crippen LogP contribution in [0.15, 0.2) is 91.0 Å². The van der Waals surface area contributed by atoms with Crippen molar-refractivity contribution >= 4 is 28.6 Å². The molecule has 1 aliphatic heterocycles. The van der Waals surface area contributed by atoms with Crippen LogP contribution in [0.4, 0.5) is 0 Å². The molecule has 0 unspecified atom stereocenters. The van der Waals surface area contributed by atoms with E-state index in [1.807, 2.05) is 66.7 Å². The van der Waals surface area contributed by atoms with Gasteiger partial charge in [0.2, 0.25) is 11.8 Å². The Morgan fingerprint density at radius 1 is 0.850 bits per heavy atom. The predicted molar refractivity (Wildman–Crippen MR) is 156 cm³/mol. The average molecular weight is 536 g/mol. The highest BCUT2D eigenvalue weighted by Crippen LogP contribution is 2.26. The van der Waals surface area contributed by atoms with Crippen molar-refractivity contribution in [2.75, 3.05) is 6.54 Å². The first-order chi connectivity index (χ1) is 19.4. The van der Waals surface area contributed by atoms with Crippen molar-refractivity contribution in [1.82, 2.24) is 10.2 Å². The summed E-state index contributed by atoms with van der Waals surface area (Å²) in [6, 6.07) is 27.3. The van der Waals surface area contributed by atoms with Crippen LogP contribution in [-0.4, -0.2) is 46.4 Å². The maximum absolute atomic E-state index is 13.8. The van der Waals surface area contributed by atoms with Crippen LogP contribution in [0.1, 0.15) is 40.7 Å². The number of piperazine rings is 1. The lowest BCUT2D eigenvalue weighted by atomic mass is 9.95. The number of hydrogen-bond donors (Lipinski definition) is 3. The first kappa shape index (κ1) is 27.1. The molecule has 0 radical (unpaired) electrons. The van der Waals surface area contributed by atoms with E-state index >= 15 is 0 Å². The SMILES string of the molecule is NCCCC[C@H]1C(=O)N[C@@H](Cc2ccc3ccccc3c2)C(=O)N1Cc1ccc(-c2ccccc2C(=O)O)cc1. The minimum Gasteiger partial charge on any atom is -0.478 e. The summed E-state index contributed by atoms with van der Waals surface area (Å²) in [5.74, 6) is -1.23. The van der Waals surface area contributed by atoms with Crippen molar-refractivity contribution < 1.29 is 19.5 Å². The molecule has 0 bridgehead atoms. The summed E-state index contributed by atoms with van der Waals surface area (Å²) in [7, 11) is 0. The van der Waals surface area contributed by atoms with E-state index in [2.05, 4.69) is 11.4 Å². The summed E-state index contributed by atoms with van der Waals surface area (Å²) in [6.45, 7) is 0.820. The van der Waals surface area contributed by atoms with E-state index in [-0.39, 0.29) is 23.9 Å². The topological polar surface area (TPSA) is 113 Å². The fraction of sp³-hybridized carbons (Fsp3) is 0.242. The zero-order valence-electron chi connectivity index (χ0n) is 22.3. The highest BCUT2D eigenvalue weighted by atomic mass is 16.4. The van der Waals surface area contributed by atoms with Gasteiger partial charge >= 0.3 is 5.97 Å². The number of amides is 2. The standard InChI is InChI=1S/C33H33N3O4/c34-18-6-5-11-30-31(37)35-29(20-23-14-15-24-7-1-2-8-26(24)19-23)32(38)36(30)21-22-12-16-25(17-13-22)27-9-3-4-10-28(27)33(39)40/h1-4,7-10,12-17,19,29-30H,5-6,11,18,20-21,34H2,(H,35,37)(H,39,40)/t29-,30-/m0/s1. The van der Waals surface area contributed by atoms with Crippen LogP contribution >= 0.6 is 0 Å². The molecule has 5 rings (SSSR count). The number of hydrogen-bond acceptors (Lipinski definition) is 4. The van der Waals surface area contributed by atoms with Crippen molar-refractivity contribution in [3.63, 3.8) is 0 Å². The minimum absolute atomic E-state index is 0.106. The van der Waals surface area contributed by atoms with Crippen LogP contribution in [0.2, 0.25) is 0 Å². The Morgan fingerprint density at radius 3 is 2.30 bits per heavy atom. The second kappa shape index (κ2) is 12.1. The van der Waals surface area contributed by atoms with Crippen LogP contribution in [0, 0.1) is 0 Å². The van der Waals surface area contributed by atoms with Gasteiger partial charge in [-0.25, -0.2) is 4.79 Å². The molecule has 1 saturated heterocycles. The van der Waals surface area contributed by atoms with E-state index in [0.717, 1.165) is 40.3 Å². The summed E-state index contributed by atoms with van der Waals surface area (Å²) in [6.07, 6.45) is 2.48. The van der Waals surface area contributed by atoms with Gasteiger partial charge in [-0.1, -0.05) is 84.9 Å². The Kier molecular flexibility index (Phi) is 8.22. The molecule has 204 valence electrons. The molecule has 0 spiro atoms. The van der Waals surface area contributed by atoms with E-state index in [9.17, 15) is 19.5 Å². The third kappa shape index (κ3) is 5.90. The number of unbranched alkanes of at least 4 members (excludes halogenated alkanes) is 1. The fourth-order valence-corrected chi connectivity index (χ4v) is 5.43. The number of nitrogens with one attached hydrogen (secondary N) is 1. The first-order valence-corrected chi connectivity index (χ1v) is 13.6. The predicted octanol–water partition coefficient (Wildman–Crippen LogP) is 4.77. The van der Waals surface area contributed by atoms with E-state index in [1.165, 1.54) is 0 Å². The molecule has 1 heterocycles. The van der Waals surface area contributed by atoms with Gasteiger partial charge in [-0.15, -0.1) is 0 Å². The molecule has 2 amide bonds. The van der Waals surface area contributed by atoms with Crippen LogP contribution < -0.4 is 11.1 Å². The zero-order valence-corrected chi connectivity index (χ0v) is 22.3. The highest BCUT2D eigenvalue weighted by Gasteiger charge is 2.40. The number of carboxylic acid groups (broad SMARTS) is 1. The van der Waals surface area contributed by atoms with Crippen LogP contribution in [-0.2, 0) is 22.6 Å². The Hall–Kier alpha value is -4.49. The summed E-state index contributed by atoms with van der Waals surface area (Å²) in [5.41, 5.74) is 9.18. The van der Waals surface area contributed by atoms with Gasteiger partial charge in [0.25, 0.3) is 0 Å². The summed E-state index contributed by atoms with van der Waals surface area (Å²) < 4.78 is 0. The third-order valence-electron chi connectivity index (χ3n) is 7.54. The second-order valence-electron chi connectivity index (χ2n) is 10.3. The molecule has 40 heavy (non-hydrogen) atoms. The van der Waals surface area contributed by atoms with Gasteiger partial charge in [-0.2, -0.15) is 0 Å². The number of nitrogens with two attached hydrogens (primary N) is 1. The van der Waals surface area contributed by atoms with Crippen molar-refractivity contribution in [2.24, 2.45) is 5.73 Å². The Balaban J connectivity index is 1.38. The second-order valence-corrected chi connectivity index (χ2v) is 10.3. The Morgan fingerprint density at radius 2 is 1.55 bits per heavy atom. The lowest BCUT2D eigenvalue weighted by molar-refractivity contribution is -0.150. The fourth-order valence-electron chi connectivity index (χ4n) is 5.43. The van der Waals surface area contributed by atoms with Crippen molar-refractivity contribution in [3.8, 4) is 11.1 Å². The molecule has 7 heteroatoms. The average Bonchev–Trinajstić information content (AvgIpc) is 2.97. The number of aromatic carboxylic acids is 1. The number of fused-ring (bicyclic) bond motifs is 1. The summed E-state index contributed by atoms with van der Waals surface area (Å²) in [4.78, 5) is 40.5. The van der Waals surface area contributed by atoms with E-state index in [0.29, 0.717) is 24.9 Å². The molecule has 1 aliphatic rings. The molecule has 7 nitrogen and oxygen atoms in total. The van der Waals surface area contributed by atoms with Gasteiger partial charge in [0.1, 0.15) is 12.1 Å². The smallest absolute Gasteiger partial charge is 0.336 e. The minimum atomic E-state index is -0.984. The van der Waals surface area contributed by atoms with Gasteiger partial charge in [0.15, 0.2) is 0 Å². The molecule has 1 fully saturated rings. The van der Waals surface area contributed by atoms with Gasteiger partial charge in [-0.3, -0.25) is 9.59 Å². The molecule has 4 N–H and O–H groups in total. The van der Waals surface area contributed by atoms with E-state index < -0.39 is 18.1 Å². The number of carbonyl (C=O) groups excluding carboxylic acids is 2. The molecule has 0 aromatic heterocycles. The number of carboxylic acids is 1. The molecule has 4 aromatic carbocycles. The van der Waals surface area contributed by atoms with Crippen molar-refractivity contribution in [3.05, 3.63) is 108 Å². The first-order valence-electron chi connectivity index (χ1n) is 13.6. The largest absolute Gasteiger partial charge is 0.478 e. The molecule has 0 aliphatic carbocycles. The van der Waals surface area contributed by atoms with Crippen LogP contribution in [0.5, 0.6) is 0 Å².